The average molecular weight is 194 g/mol. The molecule has 3 heteroatoms. The lowest BCUT2D eigenvalue weighted by Gasteiger charge is -2.04. The summed E-state index contributed by atoms with van der Waals surface area (Å²) in [7, 11) is 1.58. The van der Waals surface area contributed by atoms with Gasteiger partial charge in [0.1, 0.15) is 11.5 Å². The number of aliphatic hydroxyl groups is 1. The zero-order valence-corrected chi connectivity index (χ0v) is 8.10. The molecule has 0 amide bonds. The van der Waals surface area contributed by atoms with Crippen molar-refractivity contribution >= 4 is 6.08 Å². The normalized spacial score (nSPS) is 10.7. The van der Waals surface area contributed by atoms with Crippen molar-refractivity contribution in [2.24, 2.45) is 0 Å². The van der Waals surface area contributed by atoms with Gasteiger partial charge >= 0.3 is 0 Å². The van der Waals surface area contributed by atoms with Gasteiger partial charge in [-0.1, -0.05) is 12.2 Å². The molecular weight excluding hydrogens is 180 g/mol. The van der Waals surface area contributed by atoms with Crippen molar-refractivity contribution in [2.45, 2.75) is 6.42 Å². The number of rotatable bonds is 4. The summed E-state index contributed by atoms with van der Waals surface area (Å²) in [5, 5.41) is 17.8. The molecule has 2 N–H and O–H groups in total. The second-order valence-electron chi connectivity index (χ2n) is 2.84. The molecule has 0 saturated carbocycles. The molecule has 0 spiro atoms. The number of hydrogen-bond acceptors (Lipinski definition) is 3. The van der Waals surface area contributed by atoms with Crippen LogP contribution >= 0.6 is 0 Å². The van der Waals surface area contributed by atoms with E-state index in [4.69, 9.17) is 9.84 Å². The van der Waals surface area contributed by atoms with Gasteiger partial charge in [0.2, 0.25) is 0 Å². The van der Waals surface area contributed by atoms with Crippen LogP contribution in [0.2, 0.25) is 0 Å². The Morgan fingerprint density at radius 2 is 2.21 bits per heavy atom. The zero-order chi connectivity index (χ0) is 10.4. The summed E-state index contributed by atoms with van der Waals surface area (Å²) in [6.07, 6.45) is 4.24. The number of aliphatic hydroxyl groups excluding tert-OH is 1. The van der Waals surface area contributed by atoms with Crippen molar-refractivity contribution in [2.75, 3.05) is 13.7 Å². The van der Waals surface area contributed by atoms with E-state index in [1.165, 1.54) is 0 Å². The number of methoxy groups -OCH3 is 1. The Labute approximate surface area is 83.3 Å². The van der Waals surface area contributed by atoms with Crippen molar-refractivity contribution in [1.82, 2.24) is 0 Å². The van der Waals surface area contributed by atoms with Crippen molar-refractivity contribution in [3.8, 4) is 11.5 Å². The molecule has 76 valence electrons. The molecule has 1 aromatic carbocycles. The van der Waals surface area contributed by atoms with Crippen LogP contribution in [0.15, 0.2) is 24.3 Å². The predicted molar refractivity (Wildman–Crippen MR) is 55.4 cm³/mol. The van der Waals surface area contributed by atoms with Crippen molar-refractivity contribution in [3.63, 3.8) is 0 Å². The molecule has 0 aliphatic heterocycles. The smallest absolute Gasteiger partial charge is 0.126 e. The monoisotopic (exact) mass is 194 g/mol. The average Bonchev–Trinajstić information content (AvgIpc) is 2.19. The van der Waals surface area contributed by atoms with Gasteiger partial charge in [-0.15, -0.1) is 0 Å². The highest BCUT2D eigenvalue weighted by Crippen LogP contribution is 2.24. The Morgan fingerprint density at radius 1 is 1.43 bits per heavy atom. The summed E-state index contributed by atoms with van der Waals surface area (Å²) in [5.74, 6) is 0.909. The van der Waals surface area contributed by atoms with Gasteiger partial charge in [0.15, 0.2) is 0 Å². The van der Waals surface area contributed by atoms with E-state index in [0.717, 1.165) is 5.56 Å². The molecule has 1 rings (SSSR count). The molecule has 0 fully saturated rings. The van der Waals surface area contributed by atoms with Crippen LogP contribution in [0.1, 0.15) is 12.0 Å². The van der Waals surface area contributed by atoms with E-state index in [0.29, 0.717) is 12.2 Å². The molecule has 3 nitrogen and oxygen atoms in total. The second-order valence-corrected chi connectivity index (χ2v) is 2.84. The first-order chi connectivity index (χ1) is 6.77. The van der Waals surface area contributed by atoms with Gasteiger partial charge in [-0.2, -0.15) is 0 Å². The lowest BCUT2D eigenvalue weighted by atomic mass is 10.1. The largest absolute Gasteiger partial charge is 0.508 e. The topological polar surface area (TPSA) is 49.7 Å². The summed E-state index contributed by atoms with van der Waals surface area (Å²) < 4.78 is 5.11. The molecular formula is C11H14O3. The third kappa shape index (κ3) is 2.78. The molecule has 0 aromatic heterocycles. The van der Waals surface area contributed by atoms with Crippen molar-refractivity contribution in [1.29, 1.82) is 0 Å². The van der Waals surface area contributed by atoms with Crippen LogP contribution in [0, 0.1) is 0 Å². The van der Waals surface area contributed by atoms with Crippen LogP contribution in [0.4, 0.5) is 0 Å². The van der Waals surface area contributed by atoms with Gasteiger partial charge in [0.05, 0.1) is 7.11 Å². The van der Waals surface area contributed by atoms with Crippen LogP contribution in [-0.4, -0.2) is 23.9 Å². The Kier molecular flexibility index (Phi) is 4.01. The Bertz CT molecular complexity index is 318. The molecule has 0 aliphatic rings. The fourth-order valence-corrected chi connectivity index (χ4v) is 1.14. The number of benzene rings is 1. The third-order valence-corrected chi connectivity index (χ3v) is 1.81. The molecule has 0 atom stereocenters. The van der Waals surface area contributed by atoms with Gasteiger partial charge in [-0.25, -0.2) is 0 Å². The van der Waals surface area contributed by atoms with Crippen LogP contribution in [-0.2, 0) is 0 Å². The standard InChI is InChI=1S/C11H14O3/c1-14-11-6-5-10(13)8-9(11)4-2-3-7-12/h2,4-6,8,12-13H,3,7H2,1H3. The van der Waals surface area contributed by atoms with E-state index >= 15 is 0 Å². The maximum Gasteiger partial charge on any atom is 0.126 e. The fraction of sp³-hybridized carbons (Fsp3) is 0.273. The summed E-state index contributed by atoms with van der Waals surface area (Å²) >= 11 is 0. The highest BCUT2D eigenvalue weighted by Gasteiger charge is 1.99. The second kappa shape index (κ2) is 5.29. The van der Waals surface area contributed by atoms with E-state index in [9.17, 15) is 5.11 Å². The van der Waals surface area contributed by atoms with Gasteiger partial charge < -0.3 is 14.9 Å². The van der Waals surface area contributed by atoms with E-state index in [1.54, 1.807) is 25.3 Å². The Hall–Kier alpha value is -1.48. The first kappa shape index (κ1) is 10.6. The molecule has 1 aromatic rings. The number of hydrogen-bond donors (Lipinski definition) is 2. The lowest BCUT2D eigenvalue weighted by Crippen LogP contribution is -1.86. The van der Waals surface area contributed by atoms with Crippen LogP contribution in [0.5, 0.6) is 11.5 Å². The van der Waals surface area contributed by atoms with Crippen LogP contribution < -0.4 is 4.74 Å². The number of aromatic hydroxyl groups is 1. The van der Waals surface area contributed by atoms with E-state index in [-0.39, 0.29) is 12.4 Å². The molecule has 0 aliphatic carbocycles. The zero-order valence-electron chi connectivity index (χ0n) is 8.10. The van der Waals surface area contributed by atoms with Gasteiger partial charge in [0.25, 0.3) is 0 Å². The summed E-state index contributed by atoms with van der Waals surface area (Å²) in [4.78, 5) is 0. The highest BCUT2D eigenvalue weighted by molar-refractivity contribution is 5.59. The van der Waals surface area contributed by atoms with Crippen molar-refractivity contribution in [3.05, 3.63) is 29.8 Å². The summed E-state index contributed by atoms with van der Waals surface area (Å²) in [6.45, 7) is 0.123. The minimum absolute atomic E-state index is 0.123. The maximum absolute atomic E-state index is 9.25. The fourth-order valence-electron chi connectivity index (χ4n) is 1.14. The van der Waals surface area contributed by atoms with E-state index in [1.807, 2.05) is 12.2 Å². The molecule has 0 radical (unpaired) electrons. The van der Waals surface area contributed by atoms with Gasteiger partial charge in [-0.3, -0.25) is 0 Å². The quantitative estimate of drug-likeness (QED) is 0.768. The lowest BCUT2D eigenvalue weighted by molar-refractivity contribution is 0.303. The summed E-state index contributed by atoms with van der Waals surface area (Å²) in [6, 6.07) is 4.89. The van der Waals surface area contributed by atoms with Gasteiger partial charge in [-0.05, 0) is 24.6 Å². The first-order valence-corrected chi connectivity index (χ1v) is 4.42. The Morgan fingerprint density at radius 3 is 2.86 bits per heavy atom. The first-order valence-electron chi connectivity index (χ1n) is 4.42. The number of phenolic OH excluding ortho intramolecular Hbond substituents is 1. The molecule has 0 bridgehead atoms. The SMILES string of the molecule is COc1ccc(O)cc1C=CCCO. The van der Waals surface area contributed by atoms with E-state index in [2.05, 4.69) is 0 Å². The predicted octanol–water partition coefficient (Wildman–Crippen LogP) is 1.80. The van der Waals surface area contributed by atoms with Crippen LogP contribution in [0.3, 0.4) is 0 Å². The highest BCUT2D eigenvalue weighted by atomic mass is 16.5. The molecule has 0 saturated heterocycles. The number of ether oxygens (including phenoxy) is 1. The minimum Gasteiger partial charge on any atom is -0.508 e. The summed E-state index contributed by atoms with van der Waals surface area (Å²) in [5.41, 5.74) is 0.806. The van der Waals surface area contributed by atoms with E-state index < -0.39 is 0 Å². The maximum atomic E-state index is 9.25. The number of phenols is 1. The minimum atomic E-state index is 0.123. The van der Waals surface area contributed by atoms with Crippen LogP contribution in [0.25, 0.3) is 6.08 Å². The Balaban J connectivity index is 2.87. The van der Waals surface area contributed by atoms with Gasteiger partial charge in [0, 0.05) is 12.2 Å². The van der Waals surface area contributed by atoms with Crippen molar-refractivity contribution < 1.29 is 14.9 Å². The third-order valence-electron chi connectivity index (χ3n) is 1.81. The molecule has 14 heavy (non-hydrogen) atoms. The molecule has 0 unspecified atom stereocenters. The molecule has 0 heterocycles.